The van der Waals surface area contributed by atoms with Gasteiger partial charge in [0.1, 0.15) is 22.8 Å². The van der Waals surface area contributed by atoms with Crippen LogP contribution in [0, 0.1) is 6.92 Å². The van der Waals surface area contributed by atoms with Gasteiger partial charge in [-0.05, 0) is 6.92 Å². The molecule has 2 rings (SSSR count). The fraction of sp³-hybridized carbons (Fsp3) is 0.222. The molecule has 0 saturated heterocycles. The van der Waals surface area contributed by atoms with Gasteiger partial charge in [-0.15, -0.1) is 0 Å². The van der Waals surface area contributed by atoms with Crippen molar-refractivity contribution in [1.29, 1.82) is 0 Å². The van der Waals surface area contributed by atoms with E-state index in [-0.39, 0.29) is 29.3 Å². The summed E-state index contributed by atoms with van der Waals surface area (Å²) in [7, 11) is 2.85. The van der Waals surface area contributed by atoms with E-state index in [2.05, 4.69) is 0 Å². The zero-order valence-corrected chi connectivity index (χ0v) is 13.3. The number of phenolic OH excluding ortho intramolecular Hbond substituents is 1. The van der Waals surface area contributed by atoms with E-state index in [0.717, 1.165) is 0 Å². The first kappa shape index (κ1) is 16.5. The number of carbonyl (C=O) groups excluding carboxylic acids is 2. The molecule has 0 bridgehead atoms. The van der Waals surface area contributed by atoms with Gasteiger partial charge in [0.2, 0.25) is 0 Å². The van der Waals surface area contributed by atoms with Crippen LogP contribution in [0.3, 0.4) is 0 Å². The number of ether oxygens (including phenoxy) is 2. The topological polar surface area (TPSA) is 72.8 Å². The molecule has 5 heteroatoms. The average Bonchev–Trinajstić information content (AvgIpc) is 2.57. The molecule has 0 unspecified atom stereocenters. The molecular weight excluding hydrogens is 296 g/mol. The van der Waals surface area contributed by atoms with Gasteiger partial charge in [-0.2, -0.15) is 0 Å². The van der Waals surface area contributed by atoms with Crippen molar-refractivity contribution in [3.05, 3.63) is 53.1 Å². The van der Waals surface area contributed by atoms with Gasteiger partial charge < -0.3 is 14.6 Å². The van der Waals surface area contributed by atoms with Gasteiger partial charge in [0.25, 0.3) is 0 Å². The molecule has 0 aliphatic rings. The Hall–Kier alpha value is -2.82. The smallest absolute Gasteiger partial charge is 0.178 e. The second-order valence-corrected chi connectivity index (χ2v) is 5.02. The normalized spacial score (nSPS) is 10.2. The molecule has 0 aromatic heterocycles. The lowest BCUT2D eigenvalue weighted by molar-refractivity contribution is 0.0891. The summed E-state index contributed by atoms with van der Waals surface area (Å²) in [5.74, 6) is -0.461. The van der Waals surface area contributed by atoms with E-state index in [1.54, 1.807) is 37.3 Å². The minimum Gasteiger partial charge on any atom is -0.507 e. The zero-order valence-electron chi connectivity index (χ0n) is 13.3. The molecule has 0 atom stereocenters. The fourth-order valence-corrected chi connectivity index (χ4v) is 2.32. The van der Waals surface area contributed by atoms with Crippen molar-refractivity contribution in [1.82, 2.24) is 0 Å². The lowest BCUT2D eigenvalue weighted by Crippen LogP contribution is -2.11. The molecule has 0 fully saturated rings. The van der Waals surface area contributed by atoms with Crippen LogP contribution >= 0.6 is 0 Å². The summed E-state index contributed by atoms with van der Waals surface area (Å²) in [5.41, 5.74) is 0.864. The van der Waals surface area contributed by atoms with E-state index in [0.29, 0.717) is 16.9 Å². The highest BCUT2D eigenvalue weighted by atomic mass is 16.5. The maximum absolute atomic E-state index is 12.5. The molecule has 0 aliphatic carbocycles. The van der Waals surface area contributed by atoms with Crippen LogP contribution in [0.5, 0.6) is 17.2 Å². The molecule has 2 aromatic carbocycles. The number of rotatable bonds is 6. The monoisotopic (exact) mass is 314 g/mol. The van der Waals surface area contributed by atoms with Crippen LogP contribution in [0.4, 0.5) is 0 Å². The van der Waals surface area contributed by atoms with Gasteiger partial charge in [-0.3, -0.25) is 9.59 Å². The highest BCUT2D eigenvalue weighted by Gasteiger charge is 2.24. The molecule has 0 spiro atoms. The predicted octanol–water partition coefficient (Wildman–Crippen LogP) is 3.17. The van der Waals surface area contributed by atoms with E-state index >= 15 is 0 Å². The Morgan fingerprint density at radius 1 is 1.00 bits per heavy atom. The van der Waals surface area contributed by atoms with E-state index in [1.165, 1.54) is 20.3 Å². The molecule has 0 amide bonds. The van der Waals surface area contributed by atoms with Gasteiger partial charge >= 0.3 is 0 Å². The van der Waals surface area contributed by atoms with Crippen molar-refractivity contribution in [3.8, 4) is 17.2 Å². The summed E-state index contributed by atoms with van der Waals surface area (Å²) < 4.78 is 10.3. The second-order valence-electron chi connectivity index (χ2n) is 5.02. The minimum absolute atomic E-state index is 0.00455. The Labute approximate surface area is 134 Å². The van der Waals surface area contributed by atoms with Crippen LogP contribution in [0.2, 0.25) is 0 Å². The third-order valence-corrected chi connectivity index (χ3v) is 3.61. The van der Waals surface area contributed by atoms with Crippen molar-refractivity contribution < 1.29 is 24.2 Å². The van der Waals surface area contributed by atoms with Crippen LogP contribution < -0.4 is 9.47 Å². The molecule has 0 heterocycles. The predicted molar refractivity (Wildman–Crippen MR) is 85.7 cm³/mol. The number of hydrogen-bond acceptors (Lipinski definition) is 5. The van der Waals surface area contributed by atoms with Crippen molar-refractivity contribution in [3.63, 3.8) is 0 Å². The molecule has 1 N–H and O–H groups in total. The average molecular weight is 314 g/mol. The van der Waals surface area contributed by atoms with E-state index < -0.39 is 5.78 Å². The lowest BCUT2D eigenvalue weighted by atomic mass is 9.98. The second kappa shape index (κ2) is 6.96. The number of hydrogen-bond donors (Lipinski definition) is 1. The molecule has 0 aliphatic heterocycles. The SMILES string of the molecule is COc1cc(OC)c(C(=O)CC(=O)c2ccccc2)c(O)c1C. The zero-order chi connectivity index (χ0) is 17.0. The molecule has 120 valence electrons. The van der Waals surface area contributed by atoms with Crippen LogP contribution in [0.15, 0.2) is 36.4 Å². The molecule has 5 nitrogen and oxygen atoms in total. The number of aromatic hydroxyl groups is 1. The van der Waals surface area contributed by atoms with Crippen LogP contribution in [0.1, 0.15) is 32.7 Å². The Morgan fingerprint density at radius 3 is 2.17 bits per heavy atom. The third kappa shape index (κ3) is 3.34. The molecule has 0 saturated carbocycles. The van der Waals surface area contributed by atoms with Crippen molar-refractivity contribution >= 4 is 11.6 Å². The standard InChI is InChI=1S/C18H18O5/c1-11-15(22-2)10-16(23-3)17(18(11)21)14(20)9-13(19)12-7-5-4-6-8-12/h4-8,10,21H,9H2,1-3H3. The van der Waals surface area contributed by atoms with Gasteiger partial charge in [0.15, 0.2) is 11.6 Å². The van der Waals surface area contributed by atoms with Gasteiger partial charge in [0, 0.05) is 17.2 Å². The molecule has 23 heavy (non-hydrogen) atoms. The highest BCUT2D eigenvalue weighted by molar-refractivity contribution is 6.15. The molecule has 2 aromatic rings. The van der Waals surface area contributed by atoms with Crippen molar-refractivity contribution in [2.45, 2.75) is 13.3 Å². The summed E-state index contributed by atoms with van der Waals surface area (Å²) in [5, 5.41) is 10.3. The third-order valence-electron chi connectivity index (χ3n) is 3.61. The Morgan fingerprint density at radius 2 is 1.61 bits per heavy atom. The summed E-state index contributed by atoms with van der Waals surface area (Å²) in [6.07, 6.45) is -0.348. The number of Topliss-reactive ketones (excluding diaryl/α,β-unsaturated/α-hetero) is 2. The number of benzene rings is 2. The summed E-state index contributed by atoms with van der Waals surface area (Å²) in [4.78, 5) is 24.7. The first-order valence-electron chi connectivity index (χ1n) is 7.05. The molecular formula is C18H18O5. The quantitative estimate of drug-likeness (QED) is 0.655. The van der Waals surface area contributed by atoms with Crippen LogP contribution in [-0.4, -0.2) is 30.9 Å². The minimum atomic E-state index is -0.501. The molecule has 0 radical (unpaired) electrons. The van der Waals surface area contributed by atoms with E-state index in [9.17, 15) is 14.7 Å². The van der Waals surface area contributed by atoms with E-state index in [4.69, 9.17) is 9.47 Å². The first-order chi connectivity index (χ1) is 11.0. The van der Waals surface area contributed by atoms with Gasteiger partial charge in [-0.1, -0.05) is 30.3 Å². The number of phenols is 1. The summed E-state index contributed by atoms with van der Waals surface area (Å²) in [6.45, 7) is 1.63. The number of carbonyl (C=O) groups is 2. The maximum Gasteiger partial charge on any atom is 0.178 e. The summed E-state index contributed by atoms with van der Waals surface area (Å²) >= 11 is 0. The largest absolute Gasteiger partial charge is 0.507 e. The maximum atomic E-state index is 12.5. The van der Waals surface area contributed by atoms with Crippen molar-refractivity contribution in [2.24, 2.45) is 0 Å². The van der Waals surface area contributed by atoms with Crippen LogP contribution in [-0.2, 0) is 0 Å². The van der Waals surface area contributed by atoms with E-state index in [1.807, 2.05) is 0 Å². The van der Waals surface area contributed by atoms with Gasteiger partial charge in [-0.25, -0.2) is 0 Å². The Kier molecular flexibility index (Phi) is 5.01. The lowest BCUT2D eigenvalue weighted by Gasteiger charge is -2.14. The number of ketones is 2. The first-order valence-corrected chi connectivity index (χ1v) is 7.05. The Bertz CT molecular complexity index is 735. The highest BCUT2D eigenvalue weighted by Crippen LogP contribution is 2.38. The number of methoxy groups -OCH3 is 2. The van der Waals surface area contributed by atoms with Gasteiger partial charge in [0.05, 0.1) is 20.6 Å². The van der Waals surface area contributed by atoms with Crippen LogP contribution in [0.25, 0.3) is 0 Å². The Balaban J connectivity index is 2.36. The van der Waals surface area contributed by atoms with Crippen molar-refractivity contribution in [2.75, 3.05) is 14.2 Å². The fourth-order valence-electron chi connectivity index (χ4n) is 2.32. The summed E-state index contributed by atoms with van der Waals surface area (Å²) in [6, 6.07) is 10.1.